The van der Waals surface area contributed by atoms with E-state index in [0.29, 0.717) is 26.5 Å². The quantitative estimate of drug-likeness (QED) is 0.763. The highest BCUT2D eigenvalue weighted by Crippen LogP contribution is 2.33. The highest BCUT2D eigenvalue weighted by atomic mass is 35.5. The molecule has 1 atom stereocenters. The van der Waals surface area contributed by atoms with E-state index in [1.165, 1.54) is 22.5 Å². The first-order chi connectivity index (χ1) is 13.9. The molecule has 2 aromatic rings. The van der Waals surface area contributed by atoms with Crippen LogP contribution in [0.4, 0.5) is 10.5 Å². The van der Waals surface area contributed by atoms with Crippen LogP contribution in [0.3, 0.4) is 0 Å². The lowest BCUT2D eigenvalue weighted by molar-refractivity contribution is 0.0920. The maximum absolute atomic E-state index is 12.5. The number of hydrogen-bond donors (Lipinski definition) is 1. The molecule has 0 radical (unpaired) electrons. The van der Waals surface area contributed by atoms with Crippen molar-refractivity contribution in [3.05, 3.63) is 49.6 Å². The lowest BCUT2D eigenvalue weighted by Gasteiger charge is -2.18. The Morgan fingerprint density at radius 1 is 1.24 bits per heavy atom. The number of thiophene rings is 1. The van der Waals surface area contributed by atoms with Gasteiger partial charge in [-0.15, -0.1) is 11.3 Å². The number of halogens is 2. The van der Waals surface area contributed by atoms with E-state index in [-0.39, 0.29) is 12.5 Å². The van der Waals surface area contributed by atoms with Crippen LogP contribution < -0.4 is 10.2 Å². The van der Waals surface area contributed by atoms with Crippen LogP contribution in [0, 0.1) is 0 Å². The fraction of sp³-hybridized carbons (Fsp3) is 0.400. The van der Waals surface area contributed by atoms with Crippen molar-refractivity contribution in [2.75, 3.05) is 38.1 Å². The Balaban J connectivity index is 1.43. The van der Waals surface area contributed by atoms with Gasteiger partial charge in [0.2, 0.25) is 0 Å². The number of hydrogen-bond acceptors (Lipinski definition) is 5. The zero-order valence-electron chi connectivity index (χ0n) is 15.9. The van der Waals surface area contributed by atoms with Crippen LogP contribution in [0.5, 0.6) is 0 Å². The summed E-state index contributed by atoms with van der Waals surface area (Å²) in [5.41, 5.74) is 3.11. The molecule has 4 rings (SSSR count). The van der Waals surface area contributed by atoms with Crippen LogP contribution >= 0.6 is 34.5 Å². The number of carbonyl (C=O) groups excluding carboxylic acids is 2. The van der Waals surface area contributed by atoms with Gasteiger partial charge in [0.1, 0.15) is 6.10 Å². The van der Waals surface area contributed by atoms with Gasteiger partial charge in [0.05, 0.1) is 33.0 Å². The molecule has 0 saturated carbocycles. The van der Waals surface area contributed by atoms with Crippen molar-refractivity contribution in [2.45, 2.75) is 18.9 Å². The number of amides is 2. The summed E-state index contributed by atoms with van der Waals surface area (Å²) in [5, 5.41) is 3.34. The molecular formula is C20H21Cl2N3O3S. The number of benzene rings is 1. The Bertz CT molecular complexity index is 949. The smallest absolute Gasteiger partial charge is 0.414 e. The van der Waals surface area contributed by atoms with Crippen molar-refractivity contribution in [3.8, 4) is 0 Å². The lowest BCUT2D eigenvalue weighted by atomic mass is 10.0. The van der Waals surface area contributed by atoms with Gasteiger partial charge in [0.15, 0.2) is 0 Å². The minimum absolute atomic E-state index is 0.226. The van der Waals surface area contributed by atoms with Crippen LogP contribution in [0.1, 0.15) is 20.8 Å². The third kappa shape index (κ3) is 4.53. The van der Waals surface area contributed by atoms with Crippen molar-refractivity contribution in [1.82, 2.24) is 10.2 Å². The second kappa shape index (κ2) is 8.52. The summed E-state index contributed by atoms with van der Waals surface area (Å²) in [7, 11) is 2.11. The first-order valence-corrected chi connectivity index (χ1v) is 11.0. The van der Waals surface area contributed by atoms with Gasteiger partial charge in [-0.3, -0.25) is 9.69 Å². The molecule has 1 N–H and O–H groups in total. The number of nitrogens with one attached hydrogen (secondary N) is 1. The molecule has 1 saturated heterocycles. The highest BCUT2D eigenvalue weighted by molar-refractivity contribution is 7.18. The largest absolute Gasteiger partial charge is 0.442 e. The molecule has 1 aromatic heterocycles. The Morgan fingerprint density at radius 2 is 1.97 bits per heavy atom. The fourth-order valence-corrected chi connectivity index (χ4v) is 4.86. The van der Waals surface area contributed by atoms with Crippen LogP contribution in [0.2, 0.25) is 9.36 Å². The third-order valence-electron chi connectivity index (χ3n) is 5.25. The molecule has 0 spiro atoms. The van der Waals surface area contributed by atoms with Gasteiger partial charge in [0, 0.05) is 13.1 Å². The third-order valence-corrected chi connectivity index (χ3v) is 6.78. The Hall–Kier alpha value is -1.80. The number of anilines is 1. The molecular weight excluding hydrogens is 433 g/mol. The second-order valence-corrected chi connectivity index (χ2v) is 9.43. The van der Waals surface area contributed by atoms with E-state index in [1.807, 2.05) is 12.1 Å². The molecule has 9 heteroatoms. The van der Waals surface area contributed by atoms with Gasteiger partial charge in [-0.2, -0.15) is 0 Å². The summed E-state index contributed by atoms with van der Waals surface area (Å²) in [5.74, 6) is -0.233. The van der Waals surface area contributed by atoms with Crippen molar-refractivity contribution in [3.63, 3.8) is 0 Å². The summed E-state index contributed by atoms with van der Waals surface area (Å²) in [6.07, 6.45) is 0.971. The summed E-state index contributed by atoms with van der Waals surface area (Å²) in [4.78, 5) is 29.0. The van der Waals surface area contributed by atoms with Gasteiger partial charge >= 0.3 is 6.09 Å². The molecule has 0 bridgehead atoms. The van der Waals surface area contributed by atoms with Crippen LogP contribution in [-0.4, -0.2) is 56.2 Å². The van der Waals surface area contributed by atoms with Gasteiger partial charge in [-0.05, 0) is 55.3 Å². The minimum Gasteiger partial charge on any atom is -0.442 e. The molecule has 0 unspecified atom stereocenters. The second-order valence-electron chi connectivity index (χ2n) is 7.31. The number of nitrogens with zero attached hydrogens (tertiary/aromatic N) is 2. The molecule has 2 aliphatic rings. The van der Waals surface area contributed by atoms with Gasteiger partial charge in [0.25, 0.3) is 5.91 Å². The zero-order valence-corrected chi connectivity index (χ0v) is 18.2. The van der Waals surface area contributed by atoms with Crippen molar-refractivity contribution < 1.29 is 14.3 Å². The number of carbonyl (C=O) groups is 2. The summed E-state index contributed by atoms with van der Waals surface area (Å²) >= 11 is 13.6. The molecule has 154 valence electrons. The van der Waals surface area contributed by atoms with E-state index in [0.717, 1.165) is 25.9 Å². The number of rotatable bonds is 4. The van der Waals surface area contributed by atoms with Gasteiger partial charge < -0.3 is 15.0 Å². The van der Waals surface area contributed by atoms with Crippen LogP contribution in [0.15, 0.2) is 24.3 Å². The standard InChI is InChI=1S/C20H21Cl2N3O3S/c1-24-6-4-12-8-15(21)16(9-13(12)5-7-24)25-11-14(28-20(25)27)10-23-19(26)17-2-3-18(22)29-17/h2-3,8-9,14H,4-7,10-11H2,1H3,(H,23,26)/t14-/m0/s1. The molecule has 0 aliphatic carbocycles. The fourth-order valence-electron chi connectivity index (χ4n) is 3.61. The minimum atomic E-state index is -0.448. The monoisotopic (exact) mass is 453 g/mol. The Morgan fingerprint density at radius 3 is 2.66 bits per heavy atom. The summed E-state index contributed by atoms with van der Waals surface area (Å²) < 4.78 is 6.00. The van der Waals surface area contributed by atoms with Crippen molar-refractivity contribution >= 4 is 52.2 Å². The van der Waals surface area contributed by atoms with Crippen molar-refractivity contribution in [1.29, 1.82) is 0 Å². The predicted octanol–water partition coefficient (Wildman–Crippen LogP) is 3.84. The van der Waals surface area contributed by atoms with Crippen LogP contribution in [-0.2, 0) is 17.6 Å². The van der Waals surface area contributed by atoms with E-state index in [4.69, 9.17) is 27.9 Å². The molecule has 2 amide bonds. The average Bonchev–Trinajstić information content (AvgIpc) is 3.24. The van der Waals surface area contributed by atoms with E-state index in [2.05, 4.69) is 17.3 Å². The van der Waals surface area contributed by atoms with E-state index < -0.39 is 12.2 Å². The maximum atomic E-state index is 12.5. The highest BCUT2D eigenvalue weighted by Gasteiger charge is 2.34. The topological polar surface area (TPSA) is 61.9 Å². The molecule has 1 aromatic carbocycles. The first-order valence-electron chi connectivity index (χ1n) is 9.42. The molecule has 6 nitrogen and oxygen atoms in total. The zero-order chi connectivity index (χ0) is 20.5. The number of likely N-dealkylation sites (N-methyl/N-ethyl adjacent to an activating group) is 1. The normalized spacial score (nSPS) is 19.6. The summed E-state index contributed by atoms with van der Waals surface area (Å²) in [6, 6.07) is 7.32. The molecule has 1 fully saturated rings. The Labute approximate surface area is 183 Å². The van der Waals surface area contributed by atoms with Crippen molar-refractivity contribution in [2.24, 2.45) is 0 Å². The summed E-state index contributed by atoms with van der Waals surface area (Å²) in [6.45, 7) is 2.53. The molecule has 29 heavy (non-hydrogen) atoms. The SMILES string of the molecule is CN1CCc2cc(Cl)c(N3C[C@H](CNC(=O)c4ccc(Cl)s4)OC3=O)cc2CC1. The van der Waals surface area contributed by atoms with Gasteiger partial charge in [-0.25, -0.2) is 4.79 Å². The maximum Gasteiger partial charge on any atom is 0.414 e. The number of cyclic esters (lactones) is 1. The van der Waals surface area contributed by atoms with Gasteiger partial charge in [-0.1, -0.05) is 23.2 Å². The van der Waals surface area contributed by atoms with E-state index in [1.54, 1.807) is 17.0 Å². The lowest BCUT2D eigenvalue weighted by Crippen LogP contribution is -2.34. The number of fused-ring (bicyclic) bond motifs is 1. The number of ether oxygens (including phenoxy) is 1. The van der Waals surface area contributed by atoms with E-state index in [9.17, 15) is 9.59 Å². The first kappa shape index (κ1) is 20.5. The predicted molar refractivity (Wildman–Crippen MR) is 116 cm³/mol. The average molecular weight is 454 g/mol. The van der Waals surface area contributed by atoms with E-state index >= 15 is 0 Å². The van der Waals surface area contributed by atoms with Crippen LogP contribution in [0.25, 0.3) is 0 Å². The molecule has 2 aliphatic heterocycles. The molecule has 3 heterocycles. The Kier molecular flexibility index (Phi) is 6.01.